The molecule has 5 heteroatoms. The molecule has 0 aliphatic heterocycles. The number of unbranched alkanes of at least 4 members (excludes halogenated alkanes) is 1. The smallest absolute Gasteiger partial charge is 0.407 e. The monoisotopic (exact) mass is 217 g/mol. The van der Waals surface area contributed by atoms with E-state index < -0.39 is 12.1 Å². The van der Waals surface area contributed by atoms with E-state index in [4.69, 9.17) is 9.84 Å². The van der Waals surface area contributed by atoms with Crippen LogP contribution in [0.4, 0.5) is 4.79 Å². The largest absolute Gasteiger partial charge is 0.481 e. The van der Waals surface area contributed by atoms with Crippen LogP contribution in [0.3, 0.4) is 0 Å². The van der Waals surface area contributed by atoms with E-state index >= 15 is 0 Å². The minimum atomic E-state index is -0.921. The first-order valence-corrected chi connectivity index (χ1v) is 5.25. The second-order valence-electron chi connectivity index (χ2n) is 3.34. The zero-order valence-corrected chi connectivity index (χ0v) is 9.28. The molecule has 0 fully saturated rings. The number of alkyl carbamates (subject to hydrolysis) is 1. The molecule has 88 valence electrons. The third-order valence-electron chi connectivity index (χ3n) is 1.97. The lowest BCUT2D eigenvalue weighted by Gasteiger charge is -2.14. The fraction of sp³-hybridized carbons (Fsp3) is 0.800. The van der Waals surface area contributed by atoms with Crippen molar-refractivity contribution in [1.29, 1.82) is 0 Å². The lowest BCUT2D eigenvalue weighted by Crippen LogP contribution is -2.36. The Kier molecular flexibility index (Phi) is 7.40. The molecule has 15 heavy (non-hydrogen) atoms. The number of carbonyl (C=O) groups excluding carboxylic acids is 1. The van der Waals surface area contributed by atoms with E-state index in [1.165, 1.54) is 0 Å². The number of rotatable bonds is 7. The Bertz CT molecular complexity index is 206. The number of carboxylic acid groups (broad SMARTS) is 1. The van der Waals surface area contributed by atoms with Gasteiger partial charge >= 0.3 is 12.1 Å². The summed E-state index contributed by atoms with van der Waals surface area (Å²) in [5, 5.41) is 11.1. The molecule has 0 spiro atoms. The van der Waals surface area contributed by atoms with E-state index in [0.717, 1.165) is 12.8 Å². The van der Waals surface area contributed by atoms with Crippen molar-refractivity contribution in [1.82, 2.24) is 5.32 Å². The van der Waals surface area contributed by atoms with Crippen molar-refractivity contribution in [3.8, 4) is 0 Å². The van der Waals surface area contributed by atoms with E-state index in [1.807, 2.05) is 13.8 Å². The molecule has 5 nitrogen and oxygen atoms in total. The van der Waals surface area contributed by atoms with Crippen molar-refractivity contribution < 1.29 is 19.4 Å². The minimum Gasteiger partial charge on any atom is -0.481 e. The highest BCUT2D eigenvalue weighted by Gasteiger charge is 2.14. The summed E-state index contributed by atoms with van der Waals surface area (Å²) in [5.74, 6) is -0.921. The molecule has 0 aromatic carbocycles. The van der Waals surface area contributed by atoms with Crippen LogP contribution in [0.1, 0.15) is 39.5 Å². The van der Waals surface area contributed by atoms with Gasteiger partial charge in [0.25, 0.3) is 0 Å². The van der Waals surface area contributed by atoms with Crippen molar-refractivity contribution in [3.05, 3.63) is 0 Å². The predicted molar refractivity (Wildman–Crippen MR) is 55.7 cm³/mol. The number of amides is 1. The molecule has 0 aromatic heterocycles. The van der Waals surface area contributed by atoms with Gasteiger partial charge < -0.3 is 15.2 Å². The number of carboxylic acids is 1. The number of aliphatic carboxylic acids is 1. The highest BCUT2D eigenvalue weighted by atomic mass is 16.5. The summed E-state index contributed by atoms with van der Waals surface area (Å²) < 4.78 is 4.85. The predicted octanol–water partition coefficient (Wildman–Crippen LogP) is 1.77. The fourth-order valence-corrected chi connectivity index (χ4v) is 1.03. The highest BCUT2D eigenvalue weighted by Crippen LogP contribution is 1.98. The number of hydrogen-bond acceptors (Lipinski definition) is 3. The van der Waals surface area contributed by atoms with E-state index in [9.17, 15) is 9.59 Å². The van der Waals surface area contributed by atoms with Gasteiger partial charge in [-0.05, 0) is 12.8 Å². The van der Waals surface area contributed by atoms with Gasteiger partial charge in [-0.3, -0.25) is 4.79 Å². The maximum Gasteiger partial charge on any atom is 0.407 e. The zero-order chi connectivity index (χ0) is 11.7. The third-order valence-corrected chi connectivity index (χ3v) is 1.97. The van der Waals surface area contributed by atoms with Crippen molar-refractivity contribution in [2.45, 2.75) is 45.6 Å². The third kappa shape index (κ3) is 7.78. The zero-order valence-electron chi connectivity index (χ0n) is 9.28. The molecule has 1 amide bonds. The van der Waals surface area contributed by atoms with Crippen LogP contribution in [0, 0.1) is 0 Å². The van der Waals surface area contributed by atoms with Gasteiger partial charge in [-0.15, -0.1) is 0 Å². The molecule has 0 saturated heterocycles. The SMILES string of the molecule is CCCCOC(=O)NC(CC)CC(=O)O. The topological polar surface area (TPSA) is 75.6 Å². The summed E-state index contributed by atoms with van der Waals surface area (Å²) in [7, 11) is 0. The van der Waals surface area contributed by atoms with Crippen LogP contribution in [0.15, 0.2) is 0 Å². The molecule has 1 atom stereocenters. The Morgan fingerprint density at radius 1 is 1.40 bits per heavy atom. The van der Waals surface area contributed by atoms with Gasteiger partial charge in [0, 0.05) is 6.04 Å². The summed E-state index contributed by atoms with van der Waals surface area (Å²) in [6.07, 6.45) is 1.76. The Morgan fingerprint density at radius 3 is 2.53 bits per heavy atom. The van der Waals surface area contributed by atoms with Crippen LogP contribution >= 0.6 is 0 Å². The fourth-order valence-electron chi connectivity index (χ4n) is 1.03. The number of ether oxygens (including phenoxy) is 1. The van der Waals surface area contributed by atoms with Crippen LogP contribution in [0.25, 0.3) is 0 Å². The Morgan fingerprint density at radius 2 is 2.07 bits per heavy atom. The van der Waals surface area contributed by atoms with Crippen molar-refractivity contribution in [2.75, 3.05) is 6.61 Å². The van der Waals surface area contributed by atoms with Gasteiger partial charge in [-0.2, -0.15) is 0 Å². The Balaban J connectivity index is 3.75. The van der Waals surface area contributed by atoms with Crippen molar-refractivity contribution in [2.24, 2.45) is 0 Å². The normalized spacial score (nSPS) is 11.9. The lowest BCUT2D eigenvalue weighted by atomic mass is 10.1. The summed E-state index contributed by atoms with van der Waals surface area (Å²) in [4.78, 5) is 21.6. The molecule has 0 rings (SSSR count). The molecule has 0 heterocycles. The van der Waals surface area contributed by atoms with Crippen molar-refractivity contribution >= 4 is 12.1 Å². The van der Waals surface area contributed by atoms with Gasteiger partial charge in [0.15, 0.2) is 0 Å². The van der Waals surface area contributed by atoms with Crippen LogP contribution in [0.2, 0.25) is 0 Å². The van der Waals surface area contributed by atoms with Crippen LogP contribution < -0.4 is 5.32 Å². The second kappa shape index (κ2) is 8.08. The van der Waals surface area contributed by atoms with Crippen LogP contribution in [-0.2, 0) is 9.53 Å². The number of hydrogen-bond donors (Lipinski definition) is 2. The van der Waals surface area contributed by atoms with Gasteiger partial charge in [-0.25, -0.2) is 4.79 Å². The first-order chi connectivity index (χ1) is 7.10. The van der Waals surface area contributed by atoms with Gasteiger partial charge in [0.05, 0.1) is 13.0 Å². The standard InChI is InChI=1S/C10H19NO4/c1-3-5-6-15-10(14)11-8(4-2)7-9(12)13/h8H,3-7H2,1-2H3,(H,11,14)(H,12,13). The van der Waals surface area contributed by atoms with Gasteiger partial charge in [0.2, 0.25) is 0 Å². The van der Waals surface area contributed by atoms with Crippen LogP contribution in [-0.4, -0.2) is 29.8 Å². The van der Waals surface area contributed by atoms with Crippen LogP contribution in [0.5, 0.6) is 0 Å². The van der Waals surface area contributed by atoms with E-state index in [-0.39, 0.29) is 12.5 Å². The Labute approximate surface area is 89.8 Å². The van der Waals surface area contributed by atoms with Crippen molar-refractivity contribution in [3.63, 3.8) is 0 Å². The summed E-state index contributed by atoms with van der Waals surface area (Å²) in [5.41, 5.74) is 0. The molecule has 0 bridgehead atoms. The Hall–Kier alpha value is -1.26. The quantitative estimate of drug-likeness (QED) is 0.637. The maximum absolute atomic E-state index is 11.1. The van der Waals surface area contributed by atoms with E-state index in [2.05, 4.69) is 5.32 Å². The van der Waals surface area contributed by atoms with E-state index in [0.29, 0.717) is 13.0 Å². The molecule has 1 unspecified atom stereocenters. The second-order valence-corrected chi connectivity index (χ2v) is 3.34. The molecular weight excluding hydrogens is 198 g/mol. The first kappa shape index (κ1) is 13.7. The summed E-state index contributed by atoms with van der Waals surface area (Å²) in [6.45, 7) is 4.20. The minimum absolute atomic E-state index is 0.0701. The van der Waals surface area contributed by atoms with E-state index in [1.54, 1.807) is 0 Å². The molecular formula is C10H19NO4. The molecule has 0 saturated carbocycles. The number of carbonyl (C=O) groups is 2. The average molecular weight is 217 g/mol. The molecule has 2 N–H and O–H groups in total. The van der Waals surface area contributed by atoms with Gasteiger partial charge in [0.1, 0.15) is 0 Å². The first-order valence-electron chi connectivity index (χ1n) is 5.25. The molecule has 0 radical (unpaired) electrons. The molecule has 0 aliphatic rings. The average Bonchev–Trinajstić information content (AvgIpc) is 2.16. The maximum atomic E-state index is 11.1. The number of nitrogens with one attached hydrogen (secondary N) is 1. The summed E-state index contributed by atoms with van der Waals surface area (Å²) >= 11 is 0. The summed E-state index contributed by atoms with van der Waals surface area (Å²) in [6, 6.07) is -0.350. The lowest BCUT2D eigenvalue weighted by molar-refractivity contribution is -0.137. The highest BCUT2D eigenvalue weighted by molar-refractivity contribution is 5.71. The van der Waals surface area contributed by atoms with Gasteiger partial charge in [-0.1, -0.05) is 20.3 Å². The molecule has 0 aliphatic carbocycles. The molecule has 0 aromatic rings.